The van der Waals surface area contributed by atoms with Crippen LogP contribution in [-0.4, -0.2) is 29.1 Å². The largest absolute Gasteiger partial charge is 0.478 e. The topological polar surface area (TPSA) is 53.4 Å². The zero-order valence-corrected chi connectivity index (χ0v) is 15.0. The molecule has 122 valence electrons. The third-order valence-corrected chi connectivity index (χ3v) is 5.81. The number of carboxylic acid groups (broad SMARTS) is 1. The van der Waals surface area contributed by atoms with Crippen LogP contribution in [0.15, 0.2) is 28.9 Å². The number of carbonyl (C=O) groups is 1. The quantitative estimate of drug-likeness (QED) is 0.811. The van der Waals surface area contributed by atoms with Gasteiger partial charge < -0.3 is 10.0 Å². The van der Waals surface area contributed by atoms with Gasteiger partial charge in [0, 0.05) is 29.1 Å². The van der Waals surface area contributed by atoms with Gasteiger partial charge >= 0.3 is 5.97 Å². The van der Waals surface area contributed by atoms with E-state index in [2.05, 4.69) is 25.8 Å². The summed E-state index contributed by atoms with van der Waals surface area (Å²) in [4.78, 5) is 18.4. The minimum atomic E-state index is -0.905. The van der Waals surface area contributed by atoms with Gasteiger partial charge in [0.05, 0.1) is 11.2 Å². The molecule has 2 heterocycles. The molecule has 4 nitrogen and oxygen atoms in total. The minimum Gasteiger partial charge on any atom is -0.478 e. The first-order chi connectivity index (χ1) is 10.6. The maximum absolute atomic E-state index is 11.8. The van der Waals surface area contributed by atoms with Gasteiger partial charge in [-0.1, -0.05) is 22.0 Å². The van der Waals surface area contributed by atoms with Crippen LogP contribution in [-0.2, 0) is 0 Å². The van der Waals surface area contributed by atoms with Crippen molar-refractivity contribution in [2.24, 2.45) is 5.41 Å². The minimum absolute atomic E-state index is 0. The van der Waals surface area contributed by atoms with Crippen LogP contribution in [0, 0.1) is 5.41 Å². The second-order valence-electron chi connectivity index (χ2n) is 6.44. The number of benzene rings is 1. The van der Waals surface area contributed by atoms with Gasteiger partial charge in [0.2, 0.25) is 0 Å². The summed E-state index contributed by atoms with van der Waals surface area (Å²) in [5.74, 6) is -0.905. The molecule has 0 radical (unpaired) electrons. The molecule has 1 aliphatic heterocycles. The highest BCUT2D eigenvalue weighted by Crippen LogP contribution is 2.54. The molecule has 0 unspecified atom stereocenters. The lowest BCUT2D eigenvalue weighted by atomic mass is 9.92. The Hall–Kier alpha value is -1.33. The summed E-state index contributed by atoms with van der Waals surface area (Å²) in [6.45, 7) is 1.87. The molecule has 2 aliphatic rings. The molecule has 1 N–H and O–H groups in total. The molecule has 23 heavy (non-hydrogen) atoms. The number of fused-ring (bicyclic) bond motifs is 1. The lowest BCUT2D eigenvalue weighted by Gasteiger charge is -2.34. The number of hydrogen-bond donors (Lipinski definition) is 1. The van der Waals surface area contributed by atoms with Crippen molar-refractivity contribution in [2.45, 2.75) is 25.7 Å². The number of rotatable bonds is 2. The Morgan fingerprint density at radius 2 is 1.96 bits per heavy atom. The second kappa shape index (κ2) is 5.95. The summed E-state index contributed by atoms with van der Waals surface area (Å²) >= 11 is 3.57. The van der Waals surface area contributed by atoms with E-state index < -0.39 is 5.97 Å². The predicted molar refractivity (Wildman–Crippen MR) is 96.8 cm³/mol. The van der Waals surface area contributed by atoms with Crippen molar-refractivity contribution in [3.05, 3.63) is 34.4 Å². The van der Waals surface area contributed by atoms with E-state index in [9.17, 15) is 9.90 Å². The number of carboxylic acids is 1. The molecule has 1 saturated heterocycles. The molecule has 6 heteroatoms. The van der Waals surface area contributed by atoms with Gasteiger partial charge in [0.25, 0.3) is 0 Å². The van der Waals surface area contributed by atoms with Crippen LogP contribution in [0.3, 0.4) is 0 Å². The Balaban J connectivity index is 0.00000156. The van der Waals surface area contributed by atoms with Crippen LogP contribution in [0.2, 0.25) is 0 Å². The molecule has 2 aromatic rings. The van der Waals surface area contributed by atoms with Crippen LogP contribution < -0.4 is 4.90 Å². The highest BCUT2D eigenvalue weighted by molar-refractivity contribution is 9.10. The number of nitrogens with zero attached hydrogens (tertiary/aromatic N) is 2. The summed E-state index contributed by atoms with van der Waals surface area (Å²) in [5.41, 5.74) is 2.25. The van der Waals surface area contributed by atoms with Crippen LogP contribution in [0.25, 0.3) is 10.9 Å². The first kappa shape index (κ1) is 16.5. The molecule has 4 rings (SSSR count). The van der Waals surface area contributed by atoms with Gasteiger partial charge in [-0.2, -0.15) is 0 Å². The third kappa shape index (κ3) is 2.81. The van der Waals surface area contributed by atoms with Crippen LogP contribution in [0.1, 0.15) is 36.0 Å². The number of aromatic carboxylic acids is 1. The fourth-order valence-corrected chi connectivity index (χ4v) is 4.08. The molecule has 1 saturated carbocycles. The fraction of sp³-hybridized carbons (Fsp3) is 0.412. The van der Waals surface area contributed by atoms with E-state index in [1.54, 1.807) is 6.20 Å². The SMILES string of the molecule is Cl.O=C(O)c1c(N2CCC3(CC2)CC3)cc(Br)c2cccnc12. The molecular formula is C17H18BrClN2O2. The highest BCUT2D eigenvalue weighted by Gasteiger charge is 2.44. The van der Waals surface area contributed by atoms with Gasteiger partial charge in [-0.15, -0.1) is 12.4 Å². The van der Waals surface area contributed by atoms with Gasteiger partial charge in [-0.25, -0.2) is 4.79 Å². The molecule has 1 aliphatic carbocycles. The van der Waals surface area contributed by atoms with Crippen molar-refractivity contribution >= 4 is 50.9 Å². The molecule has 0 bridgehead atoms. The predicted octanol–water partition coefficient (Wildman–Crippen LogP) is 4.50. The van der Waals surface area contributed by atoms with Crippen molar-refractivity contribution in [1.29, 1.82) is 0 Å². The number of anilines is 1. The van der Waals surface area contributed by atoms with E-state index >= 15 is 0 Å². The number of aromatic nitrogens is 1. The van der Waals surface area contributed by atoms with E-state index in [1.165, 1.54) is 25.7 Å². The maximum atomic E-state index is 11.8. The van der Waals surface area contributed by atoms with E-state index in [0.29, 0.717) is 16.5 Å². The van der Waals surface area contributed by atoms with Crippen molar-refractivity contribution < 1.29 is 9.90 Å². The van der Waals surface area contributed by atoms with Crippen molar-refractivity contribution in [1.82, 2.24) is 4.98 Å². The summed E-state index contributed by atoms with van der Waals surface area (Å²) in [6.07, 6.45) is 6.68. The summed E-state index contributed by atoms with van der Waals surface area (Å²) in [5, 5.41) is 10.6. The highest BCUT2D eigenvalue weighted by atomic mass is 79.9. The first-order valence-electron chi connectivity index (χ1n) is 7.65. The van der Waals surface area contributed by atoms with E-state index in [0.717, 1.165) is 28.6 Å². The molecule has 0 atom stereocenters. The maximum Gasteiger partial charge on any atom is 0.340 e. The average molecular weight is 398 g/mol. The monoisotopic (exact) mass is 396 g/mol. The lowest BCUT2D eigenvalue weighted by Crippen LogP contribution is -2.35. The number of hydrogen-bond acceptors (Lipinski definition) is 3. The molecule has 2 fully saturated rings. The van der Waals surface area contributed by atoms with Crippen LogP contribution >= 0.6 is 28.3 Å². The Labute approximate surface area is 149 Å². The number of pyridine rings is 1. The standard InChI is InChI=1S/C17H17BrN2O2.ClH/c18-12-10-13(20-8-5-17(3-4-17)6-9-20)14(16(21)22)15-11(12)2-1-7-19-15;/h1-2,7,10H,3-6,8-9H2,(H,21,22);1H. The lowest BCUT2D eigenvalue weighted by molar-refractivity contribution is 0.0699. The number of piperidine rings is 1. The Kier molecular flexibility index (Phi) is 4.27. The zero-order chi connectivity index (χ0) is 15.3. The molecule has 0 amide bonds. The normalized spacial score (nSPS) is 18.7. The Morgan fingerprint density at radius 3 is 2.57 bits per heavy atom. The Bertz CT molecular complexity index is 767. The fourth-order valence-electron chi connectivity index (χ4n) is 3.55. The molecule has 1 aromatic carbocycles. The average Bonchev–Trinajstić information content (AvgIpc) is 3.27. The molecule has 1 spiro atoms. The first-order valence-corrected chi connectivity index (χ1v) is 8.44. The van der Waals surface area contributed by atoms with Gasteiger partial charge in [0.1, 0.15) is 5.56 Å². The van der Waals surface area contributed by atoms with Crippen molar-refractivity contribution in [3.8, 4) is 0 Å². The Morgan fingerprint density at radius 1 is 1.26 bits per heavy atom. The van der Waals surface area contributed by atoms with Crippen molar-refractivity contribution in [3.63, 3.8) is 0 Å². The van der Waals surface area contributed by atoms with Gasteiger partial charge in [-0.05, 0) is 43.2 Å². The van der Waals surface area contributed by atoms with E-state index in [-0.39, 0.29) is 12.4 Å². The molecule has 1 aromatic heterocycles. The van der Waals surface area contributed by atoms with Crippen molar-refractivity contribution in [2.75, 3.05) is 18.0 Å². The van der Waals surface area contributed by atoms with E-state index in [1.807, 2.05) is 18.2 Å². The number of halogens is 2. The molecular weight excluding hydrogens is 380 g/mol. The van der Waals surface area contributed by atoms with E-state index in [4.69, 9.17) is 0 Å². The zero-order valence-electron chi connectivity index (χ0n) is 12.6. The third-order valence-electron chi connectivity index (χ3n) is 5.16. The van der Waals surface area contributed by atoms with Gasteiger partial charge in [-0.3, -0.25) is 4.98 Å². The summed E-state index contributed by atoms with van der Waals surface area (Å²) in [7, 11) is 0. The van der Waals surface area contributed by atoms with Crippen LogP contribution in [0.5, 0.6) is 0 Å². The van der Waals surface area contributed by atoms with Gasteiger partial charge in [0.15, 0.2) is 0 Å². The summed E-state index contributed by atoms with van der Waals surface area (Å²) < 4.78 is 0.905. The smallest absolute Gasteiger partial charge is 0.340 e. The second-order valence-corrected chi connectivity index (χ2v) is 7.30. The summed E-state index contributed by atoms with van der Waals surface area (Å²) in [6, 6.07) is 5.67. The van der Waals surface area contributed by atoms with Crippen LogP contribution in [0.4, 0.5) is 5.69 Å².